The number of anilines is 3. The van der Waals surface area contributed by atoms with Crippen LogP contribution in [0.15, 0.2) is 42.5 Å². The molecule has 0 fully saturated rings. The lowest BCUT2D eigenvalue weighted by molar-refractivity contribution is 0.795. The van der Waals surface area contributed by atoms with E-state index in [0.29, 0.717) is 0 Å². The summed E-state index contributed by atoms with van der Waals surface area (Å²) in [5.41, 5.74) is 11.4. The van der Waals surface area contributed by atoms with Crippen molar-refractivity contribution >= 4 is 17.1 Å². The Morgan fingerprint density at radius 1 is 1.05 bits per heavy atom. The van der Waals surface area contributed by atoms with Gasteiger partial charge in [0, 0.05) is 17.1 Å². The van der Waals surface area contributed by atoms with E-state index in [1.165, 1.54) is 18.4 Å². The van der Waals surface area contributed by atoms with Crippen LogP contribution in [0.5, 0.6) is 0 Å². The van der Waals surface area contributed by atoms with Gasteiger partial charge in [0.25, 0.3) is 0 Å². The lowest BCUT2D eigenvalue weighted by Crippen LogP contribution is -1.97. The molecule has 2 nitrogen and oxygen atoms in total. The summed E-state index contributed by atoms with van der Waals surface area (Å²) in [6.07, 6.45) is 3.65. The Morgan fingerprint density at radius 2 is 1.79 bits per heavy atom. The van der Waals surface area contributed by atoms with Gasteiger partial charge in [-0.05, 0) is 55.2 Å². The molecule has 2 aromatic carbocycles. The summed E-state index contributed by atoms with van der Waals surface area (Å²) in [6.45, 7) is 4.26. The zero-order valence-electron chi connectivity index (χ0n) is 11.7. The number of nitrogens with one attached hydrogen (secondary N) is 1. The second kappa shape index (κ2) is 6.28. The largest absolute Gasteiger partial charge is 0.398 e. The van der Waals surface area contributed by atoms with Crippen molar-refractivity contribution in [3.8, 4) is 0 Å². The predicted molar refractivity (Wildman–Crippen MR) is 83.9 cm³/mol. The van der Waals surface area contributed by atoms with E-state index in [4.69, 9.17) is 5.73 Å². The lowest BCUT2D eigenvalue weighted by Gasteiger charge is -2.11. The van der Waals surface area contributed by atoms with Gasteiger partial charge in [0.1, 0.15) is 0 Å². The SMILES string of the molecule is CCCCc1ccc(Nc2cccc(N)c2C)cc1. The molecule has 0 unspecified atom stereocenters. The third kappa shape index (κ3) is 3.50. The summed E-state index contributed by atoms with van der Waals surface area (Å²) in [6, 6.07) is 14.6. The van der Waals surface area contributed by atoms with Crippen LogP contribution in [0.2, 0.25) is 0 Å². The van der Waals surface area contributed by atoms with Gasteiger partial charge >= 0.3 is 0 Å². The minimum atomic E-state index is 0.824. The Balaban J connectivity index is 2.09. The molecule has 0 amide bonds. The van der Waals surface area contributed by atoms with Crippen molar-refractivity contribution in [1.29, 1.82) is 0 Å². The van der Waals surface area contributed by atoms with Crippen molar-refractivity contribution in [3.63, 3.8) is 0 Å². The minimum absolute atomic E-state index is 0.824. The van der Waals surface area contributed by atoms with Gasteiger partial charge in [-0.3, -0.25) is 0 Å². The number of rotatable bonds is 5. The molecule has 0 aromatic heterocycles. The van der Waals surface area contributed by atoms with Crippen LogP contribution in [0.1, 0.15) is 30.9 Å². The number of hydrogen-bond donors (Lipinski definition) is 2. The zero-order chi connectivity index (χ0) is 13.7. The number of aryl methyl sites for hydroxylation is 1. The molecule has 0 saturated heterocycles. The van der Waals surface area contributed by atoms with Crippen LogP contribution in [0, 0.1) is 6.92 Å². The number of nitrogen functional groups attached to an aromatic ring is 1. The minimum Gasteiger partial charge on any atom is -0.398 e. The third-order valence-electron chi connectivity index (χ3n) is 3.43. The molecular weight excluding hydrogens is 232 g/mol. The first-order valence-electron chi connectivity index (χ1n) is 6.91. The average Bonchev–Trinajstić information content (AvgIpc) is 2.43. The smallest absolute Gasteiger partial charge is 0.0434 e. The van der Waals surface area contributed by atoms with E-state index >= 15 is 0 Å². The maximum atomic E-state index is 5.91. The third-order valence-corrected chi connectivity index (χ3v) is 3.43. The van der Waals surface area contributed by atoms with E-state index in [1.54, 1.807) is 0 Å². The fraction of sp³-hybridized carbons (Fsp3) is 0.294. The van der Waals surface area contributed by atoms with Crippen LogP contribution >= 0.6 is 0 Å². The molecule has 0 atom stereocenters. The highest BCUT2D eigenvalue weighted by atomic mass is 14.9. The van der Waals surface area contributed by atoms with Gasteiger partial charge < -0.3 is 11.1 Å². The Morgan fingerprint density at radius 3 is 2.47 bits per heavy atom. The Labute approximate surface area is 115 Å². The van der Waals surface area contributed by atoms with Crippen molar-refractivity contribution in [2.45, 2.75) is 33.1 Å². The number of nitrogens with two attached hydrogens (primary N) is 1. The lowest BCUT2D eigenvalue weighted by atomic mass is 10.1. The fourth-order valence-corrected chi connectivity index (χ4v) is 2.08. The highest BCUT2D eigenvalue weighted by molar-refractivity contribution is 5.69. The molecule has 19 heavy (non-hydrogen) atoms. The quantitative estimate of drug-likeness (QED) is 0.761. The molecule has 2 rings (SSSR count). The van der Waals surface area contributed by atoms with Crippen LogP contribution in [0.25, 0.3) is 0 Å². The summed E-state index contributed by atoms with van der Waals surface area (Å²) in [4.78, 5) is 0. The number of hydrogen-bond acceptors (Lipinski definition) is 2. The maximum Gasteiger partial charge on any atom is 0.0434 e. The summed E-state index contributed by atoms with van der Waals surface area (Å²) in [7, 11) is 0. The molecule has 2 heteroatoms. The summed E-state index contributed by atoms with van der Waals surface area (Å²) in [5, 5.41) is 3.42. The predicted octanol–water partition coefficient (Wildman–Crippen LogP) is 4.66. The molecule has 2 aromatic rings. The van der Waals surface area contributed by atoms with Gasteiger partial charge in [0.05, 0.1) is 0 Å². The van der Waals surface area contributed by atoms with Gasteiger partial charge in [0.2, 0.25) is 0 Å². The molecule has 0 aliphatic heterocycles. The molecule has 0 spiro atoms. The van der Waals surface area contributed by atoms with Gasteiger partial charge in [-0.15, -0.1) is 0 Å². The van der Waals surface area contributed by atoms with E-state index in [9.17, 15) is 0 Å². The second-order valence-corrected chi connectivity index (χ2v) is 4.95. The molecule has 0 aliphatic rings. The van der Waals surface area contributed by atoms with Crippen molar-refractivity contribution < 1.29 is 0 Å². The van der Waals surface area contributed by atoms with Crippen LogP contribution in [-0.4, -0.2) is 0 Å². The second-order valence-electron chi connectivity index (χ2n) is 4.95. The van der Waals surface area contributed by atoms with E-state index in [1.807, 2.05) is 19.1 Å². The number of unbranched alkanes of at least 4 members (excludes halogenated alkanes) is 1. The van der Waals surface area contributed by atoms with E-state index in [-0.39, 0.29) is 0 Å². The number of benzene rings is 2. The van der Waals surface area contributed by atoms with Crippen molar-refractivity contribution in [3.05, 3.63) is 53.6 Å². The molecular formula is C17H22N2. The summed E-state index contributed by atoms with van der Waals surface area (Å²) < 4.78 is 0. The highest BCUT2D eigenvalue weighted by Gasteiger charge is 2.01. The summed E-state index contributed by atoms with van der Waals surface area (Å²) >= 11 is 0. The average molecular weight is 254 g/mol. The molecule has 0 bridgehead atoms. The van der Waals surface area contributed by atoms with Crippen LogP contribution in [-0.2, 0) is 6.42 Å². The molecule has 100 valence electrons. The van der Waals surface area contributed by atoms with Gasteiger partial charge in [0.15, 0.2) is 0 Å². The Hall–Kier alpha value is -1.96. The normalized spacial score (nSPS) is 10.4. The van der Waals surface area contributed by atoms with Gasteiger partial charge in [-0.2, -0.15) is 0 Å². The van der Waals surface area contributed by atoms with Gasteiger partial charge in [-0.25, -0.2) is 0 Å². The van der Waals surface area contributed by atoms with Crippen LogP contribution in [0.3, 0.4) is 0 Å². The molecule has 3 N–H and O–H groups in total. The first-order chi connectivity index (χ1) is 9.20. The van der Waals surface area contributed by atoms with Crippen LogP contribution in [0.4, 0.5) is 17.1 Å². The topological polar surface area (TPSA) is 38.0 Å². The molecule has 0 saturated carbocycles. The maximum absolute atomic E-state index is 5.91. The van der Waals surface area contributed by atoms with Crippen LogP contribution < -0.4 is 11.1 Å². The van der Waals surface area contributed by atoms with Gasteiger partial charge in [-0.1, -0.05) is 31.5 Å². The summed E-state index contributed by atoms with van der Waals surface area (Å²) in [5.74, 6) is 0. The van der Waals surface area contributed by atoms with E-state index < -0.39 is 0 Å². The van der Waals surface area contributed by atoms with E-state index in [2.05, 4.69) is 42.6 Å². The molecule has 0 heterocycles. The first-order valence-corrected chi connectivity index (χ1v) is 6.91. The monoisotopic (exact) mass is 254 g/mol. The first kappa shape index (κ1) is 13.5. The fourth-order valence-electron chi connectivity index (χ4n) is 2.08. The molecule has 0 aliphatic carbocycles. The van der Waals surface area contributed by atoms with Crippen molar-refractivity contribution in [2.75, 3.05) is 11.1 Å². The highest BCUT2D eigenvalue weighted by Crippen LogP contribution is 2.24. The zero-order valence-corrected chi connectivity index (χ0v) is 11.7. The van der Waals surface area contributed by atoms with Crippen molar-refractivity contribution in [1.82, 2.24) is 0 Å². The Kier molecular flexibility index (Phi) is 4.45. The van der Waals surface area contributed by atoms with E-state index in [0.717, 1.165) is 29.0 Å². The van der Waals surface area contributed by atoms with Crippen molar-refractivity contribution in [2.24, 2.45) is 0 Å². The Bertz CT molecular complexity index is 529. The standard InChI is InChI=1S/C17H22N2/c1-3-4-6-14-9-11-15(12-10-14)19-17-8-5-7-16(18)13(17)2/h5,7-12,19H,3-4,6,18H2,1-2H3. The molecule has 0 radical (unpaired) electrons.